The molecule has 0 aromatic rings. The molecule has 6 nitrogen and oxygen atoms in total. The van der Waals surface area contributed by atoms with Gasteiger partial charge in [-0.25, -0.2) is 0 Å². The monoisotopic (exact) mass is 935 g/mol. The standard InChI is InChI=1S/C61H106O6/c1-4-7-10-13-16-19-22-25-28-30-33-36-39-42-45-48-51-54-60(63)66-57-58(56-65-59(62)53-50-47-44-41-38-35-32-27-24-21-18-15-12-9-6-3)67-61(64)55-52-49-46-43-40-37-34-31-29-26-23-20-17-14-11-8-5-2/h16-21,25-29,32,58H,4-15,22-24,30-31,33-57H2,1-3H3/b19-16-,20-17-,21-18-,28-25-,29-26-,32-27-. The summed E-state index contributed by atoms with van der Waals surface area (Å²) in [6.45, 7) is 6.55. The molecule has 0 saturated heterocycles. The number of ether oxygens (including phenoxy) is 3. The van der Waals surface area contributed by atoms with E-state index in [1.807, 2.05) is 0 Å². The molecule has 0 aromatic carbocycles. The van der Waals surface area contributed by atoms with Crippen LogP contribution in [-0.2, 0) is 28.6 Å². The summed E-state index contributed by atoms with van der Waals surface area (Å²) in [6, 6.07) is 0. The molecule has 0 saturated carbocycles. The molecule has 0 fully saturated rings. The molecule has 0 bridgehead atoms. The SMILES string of the molecule is CCCCC/C=C\C/C=C\CCCCCCCCCC(=O)OCC(COC(=O)CCCCCCC/C=C\C/C=C\CCCCC)OC(=O)CCCCCCCCC/C=C\C/C=C\CCCCC. The molecule has 0 spiro atoms. The fourth-order valence-electron chi connectivity index (χ4n) is 7.83. The van der Waals surface area contributed by atoms with Crippen LogP contribution in [0.4, 0.5) is 0 Å². The van der Waals surface area contributed by atoms with Crippen LogP contribution in [0.15, 0.2) is 72.9 Å². The van der Waals surface area contributed by atoms with Crippen LogP contribution in [0.25, 0.3) is 0 Å². The summed E-state index contributed by atoms with van der Waals surface area (Å²) in [5.41, 5.74) is 0. The molecule has 1 atom stereocenters. The first-order valence-corrected chi connectivity index (χ1v) is 28.4. The van der Waals surface area contributed by atoms with Crippen molar-refractivity contribution in [2.24, 2.45) is 0 Å². The lowest BCUT2D eigenvalue weighted by Gasteiger charge is -2.18. The molecule has 67 heavy (non-hydrogen) atoms. The molecule has 386 valence electrons. The van der Waals surface area contributed by atoms with Crippen molar-refractivity contribution < 1.29 is 28.6 Å². The molecule has 0 aliphatic rings. The van der Waals surface area contributed by atoms with Gasteiger partial charge in [-0.2, -0.15) is 0 Å². The van der Waals surface area contributed by atoms with Gasteiger partial charge in [-0.3, -0.25) is 14.4 Å². The average Bonchev–Trinajstić information content (AvgIpc) is 3.33. The topological polar surface area (TPSA) is 78.9 Å². The van der Waals surface area contributed by atoms with Gasteiger partial charge in [0.05, 0.1) is 0 Å². The van der Waals surface area contributed by atoms with Crippen LogP contribution < -0.4 is 0 Å². The lowest BCUT2D eigenvalue weighted by molar-refractivity contribution is -0.167. The van der Waals surface area contributed by atoms with Crippen molar-refractivity contribution in [1.29, 1.82) is 0 Å². The van der Waals surface area contributed by atoms with Crippen LogP contribution in [0, 0.1) is 0 Å². The van der Waals surface area contributed by atoms with Gasteiger partial charge >= 0.3 is 17.9 Å². The van der Waals surface area contributed by atoms with Crippen LogP contribution in [0.2, 0.25) is 0 Å². The zero-order chi connectivity index (χ0) is 48.6. The second-order valence-electron chi connectivity index (χ2n) is 18.8. The molecule has 0 radical (unpaired) electrons. The van der Waals surface area contributed by atoms with Crippen molar-refractivity contribution in [3.63, 3.8) is 0 Å². The van der Waals surface area contributed by atoms with E-state index in [0.717, 1.165) is 103 Å². The highest BCUT2D eigenvalue weighted by Gasteiger charge is 2.19. The van der Waals surface area contributed by atoms with E-state index in [0.29, 0.717) is 19.3 Å². The molecule has 0 aliphatic heterocycles. The quantitative estimate of drug-likeness (QED) is 0.0262. The molecule has 0 N–H and O–H groups in total. The van der Waals surface area contributed by atoms with E-state index in [9.17, 15) is 14.4 Å². The minimum atomic E-state index is -0.789. The fraction of sp³-hybridized carbons (Fsp3) is 0.754. The van der Waals surface area contributed by atoms with Gasteiger partial charge < -0.3 is 14.2 Å². The van der Waals surface area contributed by atoms with Crippen LogP contribution in [0.1, 0.15) is 278 Å². The highest BCUT2D eigenvalue weighted by molar-refractivity contribution is 5.71. The Morgan fingerprint density at radius 1 is 0.299 bits per heavy atom. The summed E-state index contributed by atoms with van der Waals surface area (Å²) in [4.78, 5) is 38.1. The van der Waals surface area contributed by atoms with Crippen molar-refractivity contribution in [3.05, 3.63) is 72.9 Å². The van der Waals surface area contributed by atoms with Gasteiger partial charge in [0.15, 0.2) is 6.10 Å². The van der Waals surface area contributed by atoms with E-state index < -0.39 is 6.10 Å². The third kappa shape index (κ3) is 53.7. The van der Waals surface area contributed by atoms with E-state index >= 15 is 0 Å². The van der Waals surface area contributed by atoms with Crippen molar-refractivity contribution in [3.8, 4) is 0 Å². The van der Waals surface area contributed by atoms with Crippen molar-refractivity contribution in [2.45, 2.75) is 284 Å². The molecular formula is C61H106O6. The van der Waals surface area contributed by atoms with E-state index in [1.54, 1.807) is 0 Å². The molecule has 0 aliphatic carbocycles. The van der Waals surface area contributed by atoms with E-state index in [-0.39, 0.29) is 31.1 Å². The Hall–Kier alpha value is -3.15. The number of rotatable bonds is 51. The fourth-order valence-corrected chi connectivity index (χ4v) is 7.83. The molecular weight excluding hydrogens is 829 g/mol. The molecule has 1 unspecified atom stereocenters. The van der Waals surface area contributed by atoms with Gasteiger partial charge in [-0.05, 0) is 116 Å². The maximum atomic E-state index is 12.9. The van der Waals surface area contributed by atoms with Gasteiger partial charge in [-0.15, -0.1) is 0 Å². The third-order valence-corrected chi connectivity index (χ3v) is 12.2. The molecule has 0 heterocycles. The minimum absolute atomic E-state index is 0.0871. The summed E-state index contributed by atoms with van der Waals surface area (Å²) >= 11 is 0. The Kier molecular flexibility index (Phi) is 52.8. The molecule has 6 heteroatoms. The van der Waals surface area contributed by atoms with Crippen LogP contribution in [0.5, 0.6) is 0 Å². The van der Waals surface area contributed by atoms with Gasteiger partial charge in [0.1, 0.15) is 13.2 Å². The highest BCUT2D eigenvalue weighted by Crippen LogP contribution is 2.14. The number of unbranched alkanes of at least 4 members (excludes halogenated alkanes) is 28. The third-order valence-electron chi connectivity index (χ3n) is 12.2. The van der Waals surface area contributed by atoms with Crippen LogP contribution >= 0.6 is 0 Å². The highest BCUT2D eigenvalue weighted by atomic mass is 16.6. The Balaban J connectivity index is 4.43. The van der Waals surface area contributed by atoms with Crippen LogP contribution in [-0.4, -0.2) is 37.2 Å². The predicted octanol–water partition coefficient (Wildman–Crippen LogP) is 19.0. The zero-order valence-corrected chi connectivity index (χ0v) is 44.2. The molecule has 0 rings (SSSR count). The Morgan fingerprint density at radius 3 is 0.821 bits per heavy atom. The summed E-state index contributed by atoms with van der Waals surface area (Å²) < 4.78 is 16.8. The second-order valence-corrected chi connectivity index (χ2v) is 18.8. The molecule has 0 amide bonds. The maximum absolute atomic E-state index is 12.9. The molecule has 0 aromatic heterocycles. The lowest BCUT2D eigenvalue weighted by atomic mass is 10.1. The summed E-state index contributed by atoms with van der Waals surface area (Å²) in [5.74, 6) is -0.909. The van der Waals surface area contributed by atoms with E-state index in [4.69, 9.17) is 14.2 Å². The normalized spacial score (nSPS) is 12.6. The Labute approximate surface area is 414 Å². The minimum Gasteiger partial charge on any atom is -0.462 e. The Morgan fingerprint density at radius 2 is 0.537 bits per heavy atom. The number of carbonyl (C=O) groups is 3. The van der Waals surface area contributed by atoms with Crippen molar-refractivity contribution in [1.82, 2.24) is 0 Å². The van der Waals surface area contributed by atoms with Crippen molar-refractivity contribution in [2.75, 3.05) is 13.2 Å². The van der Waals surface area contributed by atoms with Gasteiger partial charge in [0.25, 0.3) is 0 Å². The number of esters is 3. The van der Waals surface area contributed by atoms with E-state index in [1.165, 1.54) is 135 Å². The number of carbonyl (C=O) groups excluding carboxylic acids is 3. The van der Waals surface area contributed by atoms with Gasteiger partial charge in [0, 0.05) is 19.3 Å². The number of hydrogen-bond acceptors (Lipinski definition) is 6. The first kappa shape index (κ1) is 63.8. The smallest absolute Gasteiger partial charge is 0.306 e. The summed E-state index contributed by atoms with van der Waals surface area (Å²) in [5, 5.41) is 0. The summed E-state index contributed by atoms with van der Waals surface area (Å²) in [7, 11) is 0. The first-order chi connectivity index (χ1) is 33.0. The van der Waals surface area contributed by atoms with E-state index in [2.05, 4.69) is 93.7 Å². The Bertz CT molecular complexity index is 1260. The predicted molar refractivity (Wildman–Crippen MR) is 288 cm³/mol. The first-order valence-electron chi connectivity index (χ1n) is 28.4. The zero-order valence-electron chi connectivity index (χ0n) is 44.2. The number of hydrogen-bond donors (Lipinski definition) is 0. The largest absolute Gasteiger partial charge is 0.462 e. The maximum Gasteiger partial charge on any atom is 0.306 e. The van der Waals surface area contributed by atoms with Crippen LogP contribution in [0.3, 0.4) is 0 Å². The summed E-state index contributed by atoms with van der Waals surface area (Å²) in [6.07, 6.45) is 70.2. The van der Waals surface area contributed by atoms with Gasteiger partial charge in [0.2, 0.25) is 0 Å². The van der Waals surface area contributed by atoms with Gasteiger partial charge in [-0.1, -0.05) is 216 Å². The number of allylic oxidation sites excluding steroid dienone is 12. The van der Waals surface area contributed by atoms with Crippen molar-refractivity contribution >= 4 is 17.9 Å². The second kappa shape index (κ2) is 55.4. The lowest BCUT2D eigenvalue weighted by Crippen LogP contribution is -2.30. The average molecular weight is 936 g/mol.